The van der Waals surface area contributed by atoms with E-state index in [1.165, 1.54) is 17.0 Å². The average Bonchev–Trinajstić information content (AvgIpc) is 3.68. The summed E-state index contributed by atoms with van der Waals surface area (Å²) >= 11 is 0. The third-order valence-corrected chi connectivity index (χ3v) is 8.58. The Morgan fingerprint density at radius 3 is 2.40 bits per heavy atom. The van der Waals surface area contributed by atoms with Crippen LogP contribution in [-0.4, -0.2) is 83.8 Å². The van der Waals surface area contributed by atoms with Crippen LogP contribution in [0, 0.1) is 38.5 Å². The second-order valence-corrected chi connectivity index (χ2v) is 11.5. The number of ether oxygens (including phenoxy) is 1. The number of aryl methyl sites for hydroxylation is 1. The van der Waals surface area contributed by atoms with Crippen LogP contribution in [0.2, 0.25) is 0 Å². The number of piperazine rings is 1. The van der Waals surface area contributed by atoms with Crippen LogP contribution in [0.4, 0.5) is 5.82 Å². The molecule has 0 spiro atoms. The minimum atomic E-state index is 0.309. The van der Waals surface area contributed by atoms with Crippen LogP contribution in [0.1, 0.15) is 29.5 Å². The van der Waals surface area contributed by atoms with Gasteiger partial charge in [-0.1, -0.05) is 12.1 Å². The lowest BCUT2D eigenvalue weighted by molar-refractivity contribution is 0.131. The molecule has 0 unspecified atom stereocenters. The molecule has 2 aromatic carbocycles. The lowest BCUT2D eigenvalue weighted by atomic mass is 9.95. The molecule has 43 heavy (non-hydrogen) atoms. The molecular formula is C35H43N6O2. The number of aromatic hydroxyl groups is 1. The molecule has 6 rings (SSSR count). The Kier molecular flexibility index (Phi) is 9.66. The van der Waals surface area contributed by atoms with Crippen LogP contribution in [-0.2, 0) is 6.54 Å². The Morgan fingerprint density at radius 2 is 1.65 bits per heavy atom. The van der Waals surface area contributed by atoms with Crippen molar-refractivity contribution in [1.82, 2.24) is 24.5 Å². The number of benzene rings is 2. The van der Waals surface area contributed by atoms with Crippen molar-refractivity contribution in [3.05, 3.63) is 97.0 Å². The van der Waals surface area contributed by atoms with Crippen molar-refractivity contribution in [3.8, 4) is 11.5 Å². The number of rotatable bonds is 13. The molecule has 3 heterocycles. The number of hydrogen-bond donors (Lipinski definition) is 3. The van der Waals surface area contributed by atoms with Crippen LogP contribution in [0.15, 0.2) is 48.7 Å². The van der Waals surface area contributed by atoms with E-state index < -0.39 is 0 Å². The molecule has 3 N–H and O–H groups in total. The fraction of sp³-hybridized carbons (Fsp3) is 0.371. The third-order valence-electron chi connectivity index (χ3n) is 8.58. The predicted octanol–water partition coefficient (Wildman–Crippen LogP) is 4.86. The molecule has 0 atom stereocenters. The van der Waals surface area contributed by atoms with Crippen LogP contribution in [0.3, 0.4) is 0 Å². The lowest BCUT2D eigenvalue weighted by Crippen LogP contribution is -2.47. The van der Waals surface area contributed by atoms with E-state index in [0.717, 1.165) is 98.9 Å². The summed E-state index contributed by atoms with van der Waals surface area (Å²) in [5, 5.41) is 17.2. The van der Waals surface area contributed by atoms with E-state index in [1.807, 2.05) is 6.07 Å². The molecule has 8 nitrogen and oxygen atoms in total. The number of hydrogen-bond acceptors (Lipinski definition) is 7. The zero-order chi connectivity index (χ0) is 29.6. The highest BCUT2D eigenvalue weighted by Gasteiger charge is 2.26. The van der Waals surface area contributed by atoms with Gasteiger partial charge in [0.25, 0.3) is 0 Å². The van der Waals surface area contributed by atoms with E-state index in [9.17, 15) is 5.11 Å². The Morgan fingerprint density at radius 1 is 0.930 bits per heavy atom. The minimum Gasteiger partial charge on any atom is -0.508 e. The standard InChI is InChI=1S/C35H43N6O2/c1-26-25-41-31-12-6-5-11-30(31)38-35(34(41)33(26)27-9-3-4-10-27)37-16-8-18-40-21-19-39(20-22-40)17-7-15-36-24-28-23-29(43-2)13-14-32(28)42/h3-6,9-14,23,25,36,42H,7-8,15-22,24H2,1-2H3,(H,37,38). The van der Waals surface area contributed by atoms with Crippen molar-refractivity contribution in [2.45, 2.75) is 26.3 Å². The number of fused-ring (bicyclic) bond motifs is 3. The molecule has 1 saturated carbocycles. The SMILES string of the molecule is COc1ccc(O)c(CNCCCN2CCN(CCCNc3nc4ccccc4n4cc(C)c([C]5[CH][CH][CH][CH]5)c34)CC2)c1. The molecule has 4 aromatic rings. The maximum Gasteiger partial charge on any atom is 0.151 e. The highest BCUT2D eigenvalue weighted by atomic mass is 16.5. The first kappa shape index (κ1) is 29.7. The number of phenols is 1. The fourth-order valence-corrected chi connectivity index (χ4v) is 6.24. The molecule has 2 aliphatic rings. The Hall–Kier alpha value is -3.33. The first-order chi connectivity index (χ1) is 21.1. The van der Waals surface area contributed by atoms with Gasteiger partial charge in [0.2, 0.25) is 0 Å². The van der Waals surface area contributed by atoms with Crippen LogP contribution < -0.4 is 15.4 Å². The van der Waals surface area contributed by atoms with E-state index in [-0.39, 0.29) is 0 Å². The van der Waals surface area contributed by atoms with E-state index in [4.69, 9.17) is 9.72 Å². The van der Waals surface area contributed by atoms with Crippen LogP contribution in [0.25, 0.3) is 16.6 Å². The van der Waals surface area contributed by atoms with Crippen LogP contribution >= 0.6 is 0 Å². The quantitative estimate of drug-likeness (QED) is 0.195. The van der Waals surface area contributed by atoms with Gasteiger partial charge in [0.1, 0.15) is 11.5 Å². The molecule has 2 aromatic heterocycles. The number of nitrogens with zero attached hydrogens (tertiary/aromatic N) is 4. The molecule has 8 heteroatoms. The zero-order valence-corrected chi connectivity index (χ0v) is 25.4. The first-order valence-corrected chi connectivity index (χ1v) is 15.5. The van der Waals surface area contributed by atoms with E-state index in [2.05, 4.69) is 87.9 Å². The summed E-state index contributed by atoms with van der Waals surface area (Å²) in [6, 6.07) is 13.7. The van der Waals surface area contributed by atoms with Crippen molar-refractivity contribution in [2.75, 3.05) is 64.8 Å². The summed E-state index contributed by atoms with van der Waals surface area (Å²) in [7, 11) is 1.65. The molecule has 0 amide bonds. The monoisotopic (exact) mass is 579 g/mol. The highest BCUT2D eigenvalue weighted by Crippen LogP contribution is 2.39. The summed E-state index contributed by atoms with van der Waals surface area (Å²) in [5.41, 5.74) is 6.69. The van der Waals surface area contributed by atoms with Crippen molar-refractivity contribution >= 4 is 22.4 Å². The Labute approximate surface area is 256 Å². The smallest absolute Gasteiger partial charge is 0.151 e. The maximum atomic E-state index is 10.1. The normalized spacial score (nSPS) is 16.9. The molecule has 1 aliphatic carbocycles. The molecule has 1 aliphatic heterocycles. The second kappa shape index (κ2) is 14.0. The van der Waals surface area contributed by atoms with Crippen LogP contribution in [0.5, 0.6) is 11.5 Å². The van der Waals surface area contributed by atoms with Gasteiger partial charge in [-0.05, 0) is 107 Å². The number of methoxy groups -OCH3 is 1. The topological polar surface area (TPSA) is 77.3 Å². The lowest BCUT2D eigenvalue weighted by Gasteiger charge is -2.34. The van der Waals surface area contributed by atoms with Crippen molar-refractivity contribution < 1.29 is 9.84 Å². The fourth-order valence-electron chi connectivity index (χ4n) is 6.24. The Balaban J connectivity index is 0.951. The zero-order valence-electron chi connectivity index (χ0n) is 25.4. The number of anilines is 1. The van der Waals surface area contributed by atoms with Gasteiger partial charge < -0.3 is 34.7 Å². The number of phenolic OH excluding ortho intramolecular Hbond substituents is 1. The van der Waals surface area contributed by atoms with Crippen molar-refractivity contribution in [1.29, 1.82) is 0 Å². The van der Waals surface area contributed by atoms with E-state index in [1.54, 1.807) is 19.2 Å². The summed E-state index contributed by atoms with van der Waals surface area (Å²) in [4.78, 5) is 10.2. The molecule has 225 valence electrons. The third kappa shape index (κ3) is 6.92. The predicted molar refractivity (Wildman–Crippen MR) is 174 cm³/mol. The number of para-hydroxylation sites is 2. The molecule has 2 fully saturated rings. The van der Waals surface area contributed by atoms with E-state index >= 15 is 0 Å². The van der Waals surface area contributed by atoms with Gasteiger partial charge in [0, 0.05) is 56.9 Å². The largest absolute Gasteiger partial charge is 0.508 e. The Bertz CT molecular complexity index is 1500. The van der Waals surface area contributed by atoms with Gasteiger partial charge in [0.15, 0.2) is 5.82 Å². The summed E-state index contributed by atoms with van der Waals surface area (Å²) < 4.78 is 7.57. The highest BCUT2D eigenvalue weighted by molar-refractivity contribution is 5.89. The van der Waals surface area contributed by atoms with Gasteiger partial charge in [0.05, 0.1) is 23.7 Å². The maximum absolute atomic E-state index is 10.1. The first-order valence-electron chi connectivity index (χ1n) is 15.5. The molecule has 1 saturated heterocycles. The van der Waals surface area contributed by atoms with Crippen molar-refractivity contribution in [2.24, 2.45) is 0 Å². The average molecular weight is 580 g/mol. The van der Waals surface area contributed by atoms with Gasteiger partial charge in [-0.25, -0.2) is 4.98 Å². The van der Waals surface area contributed by atoms with Gasteiger partial charge >= 0.3 is 0 Å². The molecule has 0 bridgehead atoms. The van der Waals surface area contributed by atoms with E-state index in [0.29, 0.717) is 12.3 Å². The minimum absolute atomic E-state index is 0.309. The summed E-state index contributed by atoms with van der Waals surface area (Å²) in [6.07, 6.45) is 13.0. The van der Waals surface area contributed by atoms with Gasteiger partial charge in [-0.15, -0.1) is 0 Å². The van der Waals surface area contributed by atoms with Gasteiger partial charge in [-0.2, -0.15) is 0 Å². The number of nitrogens with one attached hydrogen (secondary N) is 2. The summed E-state index contributed by atoms with van der Waals surface area (Å²) in [6.45, 7) is 11.3. The molecular weight excluding hydrogens is 536 g/mol. The second-order valence-electron chi connectivity index (χ2n) is 11.5. The summed E-state index contributed by atoms with van der Waals surface area (Å²) in [5.74, 6) is 3.28. The van der Waals surface area contributed by atoms with Gasteiger partial charge in [-0.3, -0.25) is 0 Å². The molecule has 5 radical (unpaired) electrons. The van der Waals surface area contributed by atoms with Crippen molar-refractivity contribution in [3.63, 3.8) is 0 Å². The number of aromatic nitrogens is 2.